The summed E-state index contributed by atoms with van der Waals surface area (Å²) < 4.78 is 6.47. The van der Waals surface area contributed by atoms with E-state index in [0.717, 1.165) is 5.69 Å². The highest BCUT2D eigenvalue weighted by Gasteiger charge is 2.20. The first kappa shape index (κ1) is 16.6. The number of aromatic nitrogens is 3. The average molecular weight is 284 g/mol. The Bertz CT molecular complexity index is 406. The fourth-order valence-corrected chi connectivity index (χ4v) is 1.87. The van der Waals surface area contributed by atoms with Gasteiger partial charge in [-0.15, -0.1) is 5.10 Å². The number of carbonyl (C=O) groups excluding carboxylic acids is 1. The second kappa shape index (κ2) is 8.65. The van der Waals surface area contributed by atoms with Gasteiger partial charge in [0.05, 0.1) is 12.8 Å². The Morgan fingerprint density at radius 2 is 2.30 bits per heavy atom. The molecule has 0 bridgehead atoms. The number of carbonyl (C=O) groups is 1. The lowest BCUT2D eigenvalue weighted by molar-refractivity contribution is -0.143. The van der Waals surface area contributed by atoms with E-state index in [2.05, 4.69) is 29.5 Å². The number of nitrogens with zero attached hydrogens (tertiary/aromatic N) is 3. The van der Waals surface area contributed by atoms with Crippen molar-refractivity contribution in [1.82, 2.24) is 20.3 Å². The van der Waals surface area contributed by atoms with Crippen molar-refractivity contribution in [3.8, 4) is 0 Å². The van der Waals surface area contributed by atoms with Crippen molar-refractivity contribution >= 4 is 5.97 Å². The number of methoxy groups -OCH3 is 1. The number of aryl methyl sites for hydroxylation is 1. The summed E-state index contributed by atoms with van der Waals surface area (Å²) in [6, 6.07) is -0.331. The summed E-state index contributed by atoms with van der Waals surface area (Å²) in [5.74, 6) is 0.137. The second-order valence-electron chi connectivity index (χ2n) is 5.14. The van der Waals surface area contributed by atoms with Gasteiger partial charge in [0.1, 0.15) is 6.04 Å². The summed E-state index contributed by atoms with van der Waals surface area (Å²) in [5, 5.41) is 19.9. The molecule has 0 spiro atoms. The topological polar surface area (TPSA) is 89.3 Å². The van der Waals surface area contributed by atoms with Gasteiger partial charge in [0.2, 0.25) is 0 Å². The predicted molar refractivity (Wildman–Crippen MR) is 73.8 cm³/mol. The van der Waals surface area contributed by atoms with Crippen LogP contribution in [0.15, 0.2) is 6.20 Å². The second-order valence-corrected chi connectivity index (χ2v) is 5.14. The van der Waals surface area contributed by atoms with Crippen molar-refractivity contribution in [1.29, 1.82) is 0 Å². The van der Waals surface area contributed by atoms with Crippen LogP contribution in [0.25, 0.3) is 0 Å². The zero-order chi connectivity index (χ0) is 15.0. The smallest absolute Gasteiger partial charge is 0.322 e. The SMILES string of the molecule is COC(=O)C(CC(C)C)NCc1cn(CCCO)nn1. The molecule has 0 aromatic carbocycles. The molecule has 0 aliphatic heterocycles. The molecule has 1 aromatic heterocycles. The lowest BCUT2D eigenvalue weighted by Gasteiger charge is -2.17. The van der Waals surface area contributed by atoms with Crippen LogP contribution in [0.2, 0.25) is 0 Å². The highest BCUT2D eigenvalue weighted by Crippen LogP contribution is 2.07. The van der Waals surface area contributed by atoms with Gasteiger partial charge < -0.3 is 9.84 Å². The molecule has 1 atom stereocenters. The zero-order valence-electron chi connectivity index (χ0n) is 12.4. The maximum atomic E-state index is 11.7. The van der Waals surface area contributed by atoms with E-state index in [1.807, 2.05) is 6.20 Å². The number of nitrogens with one attached hydrogen (secondary N) is 1. The summed E-state index contributed by atoms with van der Waals surface area (Å²) in [6.45, 7) is 5.35. The Kier molecular flexibility index (Phi) is 7.17. The Labute approximate surface area is 119 Å². The minimum Gasteiger partial charge on any atom is -0.468 e. The molecule has 1 unspecified atom stereocenters. The van der Waals surface area contributed by atoms with Gasteiger partial charge in [0.25, 0.3) is 0 Å². The van der Waals surface area contributed by atoms with Crippen molar-refractivity contribution in [2.45, 2.75) is 45.8 Å². The van der Waals surface area contributed by atoms with Crippen LogP contribution < -0.4 is 5.32 Å². The number of aliphatic hydroxyl groups excluding tert-OH is 1. The van der Waals surface area contributed by atoms with Gasteiger partial charge in [-0.1, -0.05) is 19.1 Å². The molecule has 0 fully saturated rings. The van der Waals surface area contributed by atoms with Crippen molar-refractivity contribution in [2.75, 3.05) is 13.7 Å². The molecule has 1 heterocycles. The molecule has 114 valence electrons. The van der Waals surface area contributed by atoms with Crippen LogP contribution in [-0.4, -0.2) is 45.8 Å². The molecular weight excluding hydrogens is 260 g/mol. The molecular formula is C13H24N4O3. The van der Waals surface area contributed by atoms with Gasteiger partial charge in [0.15, 0.2) is 0 Å². The van der Waals surface area contributed by atoms with Crippen LogP contribution in [0.3, 0.4) is 0 Å². The van der Waals surface area contributed by atoms with Gasteiger partial charge in [0, 0.05) is 25.9 Å². The minimum absolute atomic E-state index is 0.131. The van der Waals surface area contributed by atoms with E-state index in [1.54, 1.807) is 4.68 Å². The molecule has 7 nitrogen and oxygen atoms in total. The summed E-state index contributed by atoms with van der Waals surface area (Å²) in [5.41, 5.74) is 0.764. The fraction of sp³-hybridized carbons (Fsp3) is 0.769. The summed E-state index contributed by atoms with van der Waals surface area (Å²) in [4.78, 5) is 11.7. The van der Waals surface area contributed by atoms with E-state index in [1.165, 1.54) is 7.11 Å². The van der Waals surface area contributed by atoms with Crippen LogP contribution in [0.4, 0.5) is 0 Å². The van der Waals surface area contributed by atoms with Crippen LogP contribution in [0.5, 0.6) is 0 Å². The Balaban J connectivity index is 2.49. The lowest BCUT2D eigenvalue weighted by atomic mass is 10.0. The molecule has 0 saturated heterocycles. The van der Waals surface area contributed by atoms with Crippen LogP contribution in [0.1, 0.15) is 32.4 Å². The van der Waals surface area contributed by atoms with Gasteiger partial charge in [-0.2, -0.15) is 0 Å². The quantitative estimate of drug-likeness (QED) is 0.636. The third-order valence-corrected chi connectivity index (χ3v) is 2.85. The molecule has 0 radical (unpaired) electrons. The summed E-state index contributed by atoms with van der Waals surface area (Å²) in [6.07, 6.45) is 3.17. The van der Waals surface area contributed by atoms with E-state index < -0.39 is 0 Å². The van der Waals surface area contributed by atoms with Crippen molar-refractivity contribution in [3.63, 3.8) is 0 Å². The summed E-state index contributed by atoms with van der Waals surface area (Å²) in [7, 11) is 1.39. The standard InChI is InChI=1S/C13H24N4O3/c1-10(2)7-12(13(19)20-3)14-8-11-9-17(16-15-11)5-4-6-18/h9-10,12,14,18H,4-8H2,1-3H3. The van der Waals surface area contributed by atoms with Crippen molar-refractivity contribution < 1.29 is 14.6 Å². The number of rotatable bonds is 9. The molecule has 2 N–H and O–H groups in total. The van der Waals surface area contributed by atoms with Gasteiger partial charge >= 0.3 is 5.97 Å². The number of esters is 1. The fourth-order valence-electron chi connectivity index (χ4n) is 1.87. The molecule has 7 heteroatoms. The van der Waals surface area contributed by atoms with E-state index in [0.29, 0.717) is 31.8 Å². The molecule has 0 saturated carbocycles. The Morgan fingerprint density at radius 1 is 1.55 bits per heavy atom. The number of ether oxygens (including phenoxy) is 1. The van der Waals surface area contributed by atoms with Crippen molar-refractivity contribution in [3.05, 3.63) is 11.9 Å². The molecule has 0 amide bonds. The first-order valence-electron chi connectivity index (χ1n) is 6.88. The third-order valence-electron chi connectivity index (χ3n) is 2.85. The molecule has 0 aliphatic rings. The molecule has 20 heavy (non-hydrogen) atoms. The van der Waals surface area contributed by atoms with Crippen LogP contribution >= 0.6 is 0 Å². The third kappa shape index (κ3) is 5.66. The van der Waals surface area contributed by atoms with E-state index in [-0.39, 0.29) is 18.6 Å². The van der Waals surface area contributed by atoms with Gasteiger partial charge in [-0.25, -0.2) is 0 Å². The van der Waals surface area contributed by atoms with E-state index in [9.17, 15) is 4.79 Å². The average Bonchev–Trinajstić information content (AvgIpc) is 2.87. The lowest BCUT2D eigenvalue weighted by Crippen LogP contribution is -2.38. The van der Waals surface area contributed by atoms with Crippen molar-refractivity contribution in [2.24, 2.45) is 5.92 Å². The maximum absolute atomic E-state index is 11.7. The monoisotopic (exact) mass is 284 g/mol. The van der Waals surface area contributed by atoms with Gasteiger partial charge in [-0.05, 0) is 18.8 Å². The Morgan fingerprint density at radius 3 is 2.90 bits per heavy atom. The van der Waals surface area contributed by atoms with Gasteiger partial charge in [-0.3, -0.25) is 14.8 Å². The predicted octanol–water partition coefficient (Wildman–Crippen LogP) is 0.338. The number of aliphatic hydroxyl groups is 1. The largest absolute Gasteiger partial charge is 0.468 e. The first-order valence-corrected chi connectivity index (χ1v) is 6.88. The van der Waals surface area contributed by atoms with Crippen LogP contribution in [-0.2, 0) is 22.6 Å². The highest BCUT2D eigenvalue weighted by molar-refractivity contribution is 5.75. The maximum Gasteiger partial charge on any atom is 0.322 e. The Hall–Kier alpha value is -1.47. The number of hydrogen-bond acceptors (Lipinski definition) is 6. The summed E-state index contributed by atoms with van der Waals surface area (Å²) >= 11 is 0. The van der Waals surface area contributed by atoms with E-state index >= 15 is 0 Å². The van der Waals surface area contributed by atoms with E-state index in [4.69, 9.17) is 9.84 Å². The normalized spacial score (nSPS) is 12.7. The van der Waals surface area contributed by atoms with Crippen LogP contribution in [0, 0.1) is 5.92 Å². The first-order chi connectivity index (χ1) is 9.56. The zero-order valence-corrected chi connectivity index (χ0v) is 12.4. The number of hydrogen-bond donors (Lipinski definition) is 2. The molecule has 1 rings (SSSR count). The minimum atomic E-state index is -0.331. The molecule has 0 aliphatic carbocycles. The molecule has 1 aromatic rings. The highest BCUT2D eigenvalue weighted by atomic mass is 16.5.